The first-order valence-electron chi connectivity index (χ1n) is 22.0. The smallest absolute Gasteiger partial charge is 0.374 e. The lowest BCUT2D eigenvalue weighted by molar-refractivity contribution is -0.141. The number of carbonyl (C=O) groups excluding carboxylic acids is 3. The van der Waals surface area contributed by atoms with Gasteiger partial charge in [0.05, 0.1) is 58.4 Å². The van der Waals surface area contributed by atoms with Crippen molar-refractivity contribution in [3.8, 4) is 0 Å². The number of amides is 3. The average Bonchev–Trinajstić information content (AvgIpc) is 4.07. The van der Waals surface area contributed by atoms with Crippen LogP contribution in [0.4, 0.5) is 30.2 Å². The van der Waals surface area contributed by atoms with Gasteiger partial charge in [-0.15, -0.1) is 0 Å². The number of ether oxygens (including phenoxy) is 1. The van der Waals surface area contributed by atoms with Gasteiger partial charge in [0, 0.05) is 57.3 Å². The van der Waals surface area contributed by atoms with E-state index in [1.807, 2.05) is 36.5 Å². The Balaban J connectivity index is 0.780. The van der Waals surface area contributed by atoms with Gasteiger partial charge in [-0.2, -0.15) is 18.3 Å². The van der Waals surface area contributed by atoms with Gasteiger partial charge in [-0.25, -0.2) is 9.78 Å². The fourth-order valence-corrected chi connectivity index (χ4v) is 10.8. The fraction of sp³-hybridized carbons (Fsp3) is 0.511. The highest BCUT2D eigenvalue weighted by Gasteiger charge is 2.41. The van der Waals surface area contributed by atoms with Crippen molar-refractivity contribution in [3.63, 3.8) is 0 Å². The van der Waals surface area contributed by atoms with E-state index < -0.39 is 29.7 Å². The molecule has 3 aromatic heterocycles. The van der Waals surface area contributed by atoms with Crippen molar-refractivity contribution in [1.29, 1.82) is 0 Å². The minimum Gasteiger partial charge on any atom is -0.374 e. The van der Waals surface area contributed by atoms with Crippen LogP contribution in [0.5, 0.6) is 0 Å². The van der Waals surface area contributed by atoms with E-state index in [0.717, 1.165) is 98.4 Å². The summed E-state index contributed by atoms with van der Waals surface area (Å²) in [4.78, 5) is 62.1. The topological polar surface area (TPSA) is 152 Å². The zero-order chi connectivity index (χ0) is 43.7. The molecule has 1 aliphatic carbocycles. The third-order valence-electron chi connectivity index (χ3n) is 14.1. The number of fused-ring (bicyclic) bond motifs is 4. The quantitative estimate of drug-likeness (QED) is 0.178. The first kappa shape index (κ1) is 41.3. The van der Waals surface area contributed by atoms with E-state index in [0.29, 0.717) is 42.7 Å². The summed E-state index contributed by atoms with van der Waals surface area (Å²) in [6.45, 7) is 3.91. The molecule has 2 aromatic carbocycles. The van der Waals surface area contributed by atoms with E-state index >= 15 is 0 Å². The largest absolute Gasteiger partial charge is 0.433 e. The number of alkyl halides is 3. The molecule has 1 unspecified atom stereocenters. The first-order valence-corrected chi connectivity index (χ1v) is 22.0. The Morgan fingerprint density at radius 2 is 1.75 bits per heavy atom. The van der Waals surface area contributed by atoms with Crippen molar-refractivity contribution < 1.29 is 32.3 Å². The molecule has 18 heteroatoms. The monoisotopic (exact) mass is 868 g/mol. The SMILES string of the molecule is CN(C[C@H]1CC[C@H](n2cc3cc(NC(=O)c4cccc(C(F)(F)F)n4)c(N4C[C@@H]5C[C@H]4CO5)cc3n2)CC1)C1CCN(c2cccc3c2n(C)c(=O)n3C2CCC(=O)NC2=O)CC1. The molecule has 2 N–H and O–H groups in total. The molecule has 15 nitrogen and oxygen atoms in total. The second-order valence-corrected chi connectivity index (χ2v) is 18.1. The lowest BCUT2D eigenvalue weighted by atomic mass is 9.85. The summed E-state index contributed by atoms with van der Waals surface area (Å²) in [5.41, 5.74) is 2.85. The fourth-order valence-electron chi connectivity index (χ4n) is 10.8. The lowest BCUT2D eigenvalue weighted by Gasteiger charge is -2.40. The van der Waals surface area contributed by atoms with E-state index in [1.54, 1.807) is 16.2 Å². The number of hydrogen-bond donors (Lipinski definition) is 2. The number of carbonyl (C=O) groups is 3. The molecule has 2 bridgehead atoms. The molecule has 3 amide bonds. The normalized spacial score (nSPS) is 24.6. The Hall–Kier alpha value is -5.75. The van der Waals surface area contributed by atoms with Crippen LogP contribution in [0, 0.1) is 5.92 Å². The van der Waals surface area contributed by atoms with Crippen LogP contribution in [0.15, 0.2) is 59.5 Å². The van der Waals surface area contributed by atoms with Crippen LogP contribution < -0.4 is 26.1 Å². The summed E-state index contributed by atoms with van der Waals surface area (Å²) in [6.07, 6.45) is 4.87. The van der Waals surface area contributed by atoms with Crippen molar-refractivity contribution in [2.75, 3.05) is 55.0 Å². The molecule has 5 aliphatic rings. The number of pyridine rings is 1. The highest BCUT2D eigenvalue weighted by atomic mass is 19.4. The molecule has 4 aliphatic heterocycles. The summed E-state index contributed by atoms with van der Waals surface area (Å²) < 4.78 is 51.3. The number of nitrogens with zero attached hydrogens (tertiary/aromatic N) is 8. The van der Waals surface area contributed by atoms with Crippen molar-refractivity contribution in [2.24, 2.45) is 13.0 Å². The molecule has 4 saturated heterocycles. The van der Waals surface area contributed by atoms with Gasteiger partial charge in [0.1, 0.15) is 17.4 Å². The Labute approximate surface area is 361 Å². The van der Waals surface area contributed by atoms with Crippen LogP contribution in [0.3, 0.4) is 0 Å². The Kier molecular flexibility index (Phi) is 10.6. The van der Waals surface area contributed by atoms with Gasteiger partial charge in [0.15, 0.2) is 0 Å². The standard InChI is InChI=1S/C45H51F3N10O5/c1-53(28-15-17-55(18-16-28)35-6-4-7-36-41(35)54(2)44(62)58(36)37-13-14-40(59)51-43(37)61)22-26-9-11-29(12-10-26)57-23-27-19-34(50-42(60)32-5-3-8-39(49-32)45(46,47)48)38(21-33(27)52-57)56-24-31-20-30(56)25-63-31/h3-8,19,21,23,26,28-31,37H,9-18,20,22,24-25H2,1-2H3,(H,50,60)(H,51,59,61)/t26-,29-,30-,31-,37?/m0/s1. The third kappa shape index (κ3) is 7.74. The van der Waals surface area contributed by atoms with Crippen molar-refractivity contribution in [3.05, 3.63) is 76.6 Å². The molecule has 0 radical (unpaired) electrons. The van der Waals surface area contributed by atoms with Crippen LogP contribution in [0.25, 0.3) is 21.9 Å². The number of halogens is 3. The van der Waals surface area contributed by atoms with Crippen LogP contribution in [-0.2, 0) is 27.5 Å². The summed E-state index contributed by atoms with van der Waals surface area (Å²) in [7, 11) is 3.98. The van der Waals surface area contributed by atoms with Gasteiger partial charge in [0.25, 0.3) is 5.91 Å². The van der Waals surface area contributed by atoms with Crippen LogP contribution >= 0.6 is 0 Å². The molecule has 3 atom stereocenters. The molecule has 7 heterocycles. The van der Waals surface area contributed by atoms with E-state index in [4.69, 9.17) is 9.84 Å². The number of para-hydroxylation sites is 1. The Morgan fingerprint density at radius 1 is 0.968 bits per heavy atom. The van der Waals surface area contributed by atoms with Gasteiger partial charge >= 0.3 is 11.9 Å². The molecular formula is C45H51F3N10O5. The molecule has 63 heavy (non-hydrogen) atoms. The number of anilines is 3. The number of nitrogens with one attached hydrogen (secondary N) is 2. The van der Waals surface area contributed by atoms with Gasteiger partial charge < -0.3 is 24.8 Å². The van der Waals surface area contributed by atoms with Crippen molar-refractivity contribution >= 4 is 56.7 Å². The van der Waals surface area contributed by atoms with Gasteiger partial charge in [-0.1, -0.05) is 12.1 Å². The van der Waals surface area contributed by atoms with Gasteiger partial charge in [-0.3, -0.25) is 33.5 Å². The lowest BCUT2D eigenvalue weighted by Crippen LogP contribution is -2.45. The number of piperidine rings is 2. The van der Waals surface area contributed by atoms with Gasteiger partial charge in [0.2, 0.25) is 11.8 Å². The van der Waals surface area contributed by atoms with Crippen molar-refractivity contribution in [2.45, 2.75) is 94.2 Å². The van der Waals surface area contributed by atoms with E-state index in [9.17, 15) is 32.3 Å². The predicted octanol–water partition coefficient (Wildman–Crippen LogP) is 5.64. The molecule has 5 aromatic rings. The Morgan fingerprint density at radius 3 is 2.46 bits per heavy atom. The number of imide groups is 1. The van der Waals surface area contributed by atoms with Crippen molar-refractivity contribution in [1.82, 2.24) is 34.1 Å². The molecule has 5 fully saturated rings. The maximum Gasteiger partial charge on any atom is 0.433 e. The summed E-state index contributed by atoms with van der Waals surface area (Å²) >= 11 is 0. The number of imidazole rings is 1. The number of aromatic nitrogens is 5. The summed E-state index contributed by atoms with van der Waals surface area (Å²) in [6, 6.07) is 13.1. The van der Waals surface area contributed by atoms with E-state index in [-0.39, 0.29) is 41.9 Å². The average molecular weight is 869 g/mol. The minimum atomic E-state index is -4.67. The highest BCUT2D eigenvalue weighted by molar-refractivity contribution is 6.06. The Bertz CT molecular complexity index is 2660. The van der Waals surface area contributed by atoms with E-state index in [1.165, 1.54) is 12.1 Å². The molecular weight excluding hydrogens is 818 g/mol. The highest BCUT2D eigenvalue weighted by Crippen LogP contribution is 2.41. The number of morpholine rings is 1. The minimum absolute atomic E-state index is 0.0890. The van der Waals surface area contributed by atoms with Crippen LogP contribution in [0.1, 0.15) is 86.1 Å². The number of benzene rings is 2. The maximum absolute atomic E-state index is 13.5. The third-order valence-corrected chi connectivity index (χ3v) is 14.1. The van der Waals surface area contributed by atoms with Gasteiger partial charge in [-0.05, 0) is 101 Å². The maximum atomic E-state index is 13.5. The van der Waals surface area contributed by atoms with E-state index in [2.05, 4.69) is 42.0 Å². The van der Waals surface area contributed by atoms with Crippen LogP contribution in [-0.4, -0.2) is 105 Å². The molecule has 332 valence electrons. The zero-order valence-corrected chi connectivity index (χ0v) is 35.3. The second-order valence-electron chi connectivity index (χ2n) is 18.1. The molecule has 1 saturated carbocycles. The predicted molar refractivity (Wildman–Crippen MR) is 230 cm³/mol. The molecule has 0 spiro atoms. The first-order chi connectivity index (χ1) is 30.3. The van der Waals surface area contributed by atoms with Crippen LogP contribution in [0.2, 0.25) is 0 Å². The molecule has 10 rings (SSSR count). The zero-order valence-electron chi connectivity index (χ0n) is 35.3. The number of aryl methyl sites for hydroxylation is 1. The summed E-state index contributed by atoms with van der Waals surface area (Å²) in [5, 5.41) is 11.2. The number of rotatable bonds is 9. The number of hydrogen-bond acceptors (Lipinski definition) is 10. The summed E-state index contributed by atoms with van der Waals surface area (Å²) in [5.74, 6) is -0.913. The second kappa shape index (κ2) is 16.1.